The number of anilines is 1. The molecule has 2 aromatic carbocycles. The van der Waals surface area contributed by atoms with E-state index in [4.69, 9.17) is 4.74 Å². The predicted molar refractivity (Wildman–Crippen MR) is 139 cm³/mol. The fourth-order valence-corrected chi connectivity index (χ4v) is 2.61. The fraction of sp³-hybridized carbons (Fsp3) is 0.333. The van der Waals surface area contributed by atoms with Crippen LogP contribution in [0.1, 0.15) is 31.9 Å². The lowest BCUT2D eigenvalue weighted by atomic mass is 10.1. The van der Waals surface area contributed by atoms with Crippen LogP contribution in [0.2, 0.25) is 0 Å². The molecule has 2 aromatic rings. The highest BCUT2D eigenvalue weighted by molar-refractivity contribution is 14.0. The van der Waals surface area contributed by atoms with Crippen molar-refractivity contribution in [3.05, 3.63) is 72.3 Å². The zero-order valence-corrected chi connectivity index (χ0v) is 20.8. The van der Waals surface area contributed by atoms with E-state index in [1.54, 1.807) is 6.08 Å². The van der Waals surface area contributed by atoms with Crippen molar-refractivity contribution in [3.63, 3.8) is 0 Å². The topological polar surface area (TPSA) is 74.8 Å². The van der Waals surface area contributed by atoms with Crippen molar-refractivity contribution in [2.24, 2.45) is 10.9 Å². The van der Waals surface area contributed by atoms with Gasteiger partial charge >= 0.3 is 0 Å². The van der Waals surface area contributed by atoms with Gasteiger partial charge in [-0.25, -0.2) is 4.99 Å². The van der Waals surface area contributed by atoms with Gasteiger partial charge in [-0.15, -0.1) is 24.0 Å². The van der Waals surface area contributed by atoms with Crippen LogP contribution in [0.3, 0.4) is 0 Å². The van der Waals surface area contributed by atoms with Gasteiger partial charge < -0.3 is 20.7 Å². The summed E-state index contributed by atoms with van der Waals surface area (Å²) in [6.07, 6.45) is 1.73. The Morgan fingerprint density at radius 1 is 1.13 bits per heavy atom. The minimum atomic E-state index is -0.0460. The second kappa shape index (κ2) is 14.5. The molecule has 0 fully saturated rings. The number of para-hydroxylation sites is 1. The van der Waals surface area contributed by atoms with Crippen molar-refractivity contribution in [2.45, 2.75) is 33.9 Å². The van der Waals surface area contributed by atoms with E-state index in [9.17, 15) is 4.79 Å². The Bertz CT molecular complexity index is 851. The van der Waals surface area contributed by atoms with E-state index in [0.29, 0.717) is 19.7 Å². The first-order valence-electron chi connectivity index (χ1n) is 10.3. The number of carbonyl (C=O) groups is 1. The van der Waals surface area contributed by atoms with Crippen molar-refractivity contribution in [2.75, 3.05) is 18.5 Å². The summed E-state index contributed by atoms with van der Waals surface area (Å²) in [7, 11) is 0. The van der Waals surface area contributed by atoms with E-state index in [1.807, 2.05) is 69.3 Å². The van der Waals surface area contributed by atoms with Gasteiger partial charge in [0.2, 0.25) is 5.91 Å². The maximum absolute atomic E-state index is 11.8. The summed E-state index contributed by atoms with van der Waals surface area (Å²) in [4.78, 5) is 16.5. The van der Waals surface area contributed by atoms with Crippen LogP contribution in [0.5, 0.6) is 5.75 Å². The van der Waals surface area contributed by atoms with E-state index in [1.165, 1.54) is 0 Å². The van der Waals surface area contributed by atoms with Crippen LogP contribution >= 0.6 is 24.0 Å². The number of nitrogens with one attached hydrogen (secondary N) is 3. The van der Waals surface area contributed by atoms with Crippen molar-refractivity contribution in [1.82, 2.24) is 10.6 Å². The van der Waals surface area contributed by atoms with Gasteiger partial charge in [0.1, 0.15) is 12.4 Å². The summed E-state index contributed by atoms with van der Waals surface area (Å²) in [6.45, 7) is 11.8. The zero-order valence-electron chi connectivity index (χ0n) is 18.5. The molecular formula is C24H33IN4O2. The SMILES string of the molecule is C=CCOc1ccccc1CNC(=NCc1ccc(NC(=O)C(C)C)cc1)NCC.I. The maximum atomic E-state index is 11.8. The van der Waals surface area contributed by atoms with Gasteiger partial charge in [-0.1, -0.05) is 56.8 Å². The summed E-state index contributed by atoms with van der Waals surface area (Å²) >= 11 is 0. The average Bonchev–Trinajstić information content (AvgIpc) is 2.75. The number of ether oxygens (including phenoxy) is 1. The summed E-state index contributed by atoms with van der Waals surface area (Å²) in [5, 5.41) is 9.51. The van der Waals surface area contributed by atoms with E-state index < -0.39 is 0 Å². The van der Waals surface area contributed by atoms with Crippen LogP contribution in [0.25, 0.3) is 0 Å². The van der Waals surface area contributed by atoms with Crippen LogP contribution in [0.4, 0.5) is 5.69 Å². The van der Waals surface area contributed by atoms with Gasteiger partial charge in [-0.3, -0.25) is 4.79 Å². The van der Waals surface area contributed by atoms with Crippen molar-refractivity contribution < 1.29 is 9.53 Å². The van der Waals surface area contributed by atoms with Gasteiger partial charge in [-0.05, 0) is 30.7 Å². The molecule has 0 unspecified atom stereocenters. The van der Waals surface area contributed by atoms with E-state index >= 15 is 0 Å². The lowest BCUT2D eigenvalue weighted by Crippen LogP contribution is -2.36. The average molecular weight is 536 g/mol. The molecule has 0 aromatic heterocycles. The Morgan fingerprint density at radius 2 is 1.84 bits per heavy atom. The van der Waals surface area contributed by atoms with Gasteiger partial charge in [0.05, 0.1) is 6.54 Å². The number of hydrogen-bond acceptors (Lipinski definition) is 3. The third-order valence-electron chi connectivity index (χ3n) is 4.29. The van der Waals surface area contributed by atoms with E-state index in [2.05, 4.69) is 27.5 Å². The molecule has 3 N–H and O–H groups in total. The quantitative estimate of drug-likeness (QED) is 0.178. The molecule has 0 spiro atoms. The van der Waals surface area contributed by atoms with Crippen LogP contribution in [0, 0.1) is 5.92 Å². The number of hydrogen-bond donors (Lipinski definition) is 3. The maximum Gasteiger partial charge on any atom is 0.226 e. The molecule has 31 heavy (non-hydrogen) atoms. The molecule has 6 nitrogen and oxygen atoms in total. The molecule has 2 rings (SSSR count). The molecule has 0 atom stereocenters. The van der Waals surface area contributed by atoms with Gasteiger partial charge in [0.25, 0.3) is 0 Å². The van der Waals surface area contributed by atoms with Crippen molar-refractivity contribution >= 4 is 41.5 Å². The number of benzene rings is 2. The molecule has 0 bridgehead atoms. The molecular weight excluding hydrogens is 503 g/mol. The minimum absolute atomic E-state index is 0. The Labute approximate surface area is 202 Å². The first-order valence-corrected chi connectivity index (χ1v) is 10.3. The van der Waals surface area contributed by atoms with Crippen LogP contribution in [-0.2, 0) is 17.9 Å². The summed E-state index contributed by atoms with van der Waals surface area (Å²) in [5.41, 5.74) is 2.90. The molecule has 0 saturated heterocycles. The van der Waals surface area contributed by atoms with Gasteiger partial charge in [-0.2, -0.15) is 0 Å². The minimum Gasteiger partial charge on any atom is -0.489 e. The molecule has 0 aliphatic rings. The lowest BCUT2D eigenvalue weighted by Gasteiger charge is -2.14. The third kappa shape index (κ3) is 9.42. The number of carbonyl (C=O) groups excluding carboxylic acids is 1. The number of nitrogens with zero attached hydrogens (tertiary/aromatic N) is 1. The normalized spacial score (nSPS) is 10.8. The molecule has 0 aliphatic heterocycles. The Balaban J connectivity index is 0.00000480. The predicted octanol–water partition coefficient (Wildman–Crippen LogP) is 4.72. The van der Waals surface area contributed by atoms with Crippen LogP contribution < -0.4 is 20.7 Å². The highest BCUT2D eigenvalue weighted by Crippen LogP contribution is 2.17. The van der Waals surface area contributed by atoms with Crippen molar-refractivity contribution in [1.29, 1.82) is 0 Å². The molecule has 7 heteroatoms. The number of halogens is 1. The number of rotatable bonds is 10. The van der Waals surface area contributed by atoms with E-state index in [-0.39, 0.29) is 35.8 Å². The highest BCUT2D eigenvalue weighted by Gasteiger charge is 2.07. The molecule has 168 valence electrons. The zero-order chi connectivity index (χ0) is 21.8. The standard InChI is InChI=1S/C24H32N4O2.HI/c1-5-15-30-22-10-8-7-9-20(22)17-27-24(25-6-2)26-16-19-11-13-21(14-12-19)28-23(29)18(3)4;/h5,7-14,18H,1,6,15-17H2,2-4H3,(H,28,29)(H2,25,26,27);1H. The second-order valence-corrected chi connectivity index (χ2v) is 7.10. The van der Waals surface area contributed by atoms with Gasteiger partial charge in [0.15, 0.2) is 5.96 Å². The first-order chi connectivity index (χ1) is 14.5. The molecule has 0 heterocycles. The molecule has 0 saturated carbocycles. The molecule has 0 aliphatic carbocycles. The Morgan fingerprint density at radius 3 is 2.48 bits per heavy atom. The number of amides is 1. The van der Waals surface area contributed by atoms with Crippen molar-refractivity contribution in [3.8, 4) is 5.75 Å². The smallest absolute Gasteiger partial charge is 0.226 e. The van der Waals surface area contributed by atoms with E-state index in [0.717, 1.165) is 35.1 Å². The Kier molecular flexibility index (Phi) is 12.3. The van der Waals surface area contributed by atoms with Gasteiger partial charge in [0, 0.05) is 30.3 Å². The lowest BCUT2D eigenvalue weighted by molar-refractivity contribution is -0.118. The summed E-state index contributed by atoms with van der Waals surface area (Å²) in [5.74, 6) is 1.53. The molecule has 0 radical (unpaired) electrons. The number of guanidine groups is 1. The highest BCUT2D eigenvalue weighted by atomic mass is 127. The first kappa shape index (κ1) is 26.5. The largest absolute Gasteiger partial charge is 0.489 e. The summed E-state index contributed by atoms with van der Waals surface area (Å²) in [6, 6.07) is 15.7. The fourth-order valence-electron chi connectivity index (χ4n) is 2.61. The van der Waals surface area contributed by atoms with Crippen LogP contribution in [0.15, 0.2) is 66.2 Å². The Hall–Kier alpha value is -2.55. The second-order valence-electron chi connectivity index (χ2n) is 7.10. The van der Waals surface area contributed by atoms with Crippen LogP contribution in [-0.4, -0.2) is 25.0 Å². The molecule has 1 amide bonds. The third-order valence-corrected chi connectivity index (χ3v) is 4.29. The summed E-state index contributed by atoms with van der Waals surface area (Å²) < 4.78 is 5.71. The monoisotopic (exact) mass is 536 g/mol. The number of aliphatic imine (C=N–C) groups is 1.